The van der Waals surface area contributed by atoms with Crippen LogP contribution in [0.2, 0.25) is 0 Å². The quantitative estimate of drug-likeness (QED) is 0.769. The number of rotatable bonds is 3. The summed E-state index contributed by atoms with van der Waals surface area (Å²) in [6.45, 7) is 0. The van der Waals surface area contributed by atoms with Crippen LogP contribution in [0, 0.1) is 11.7 Å². The average molecular weight is 324 g/mol. The third kappa shape index (κ3) is 2.95. The smallest absolute Gasteiger partial charge is 0.306 e. The minimum Gasteiger partial charge on any atom is -0.459 e. The van der Waals surface area contributed by atoms with E-state index in [1.165, 1.54) is 17.7 Å². The maximum absolute atomic E-state index is 13.2. The average Bonchev–Trinajstić information content (AvgIpc) is 2.83. The molecule has 124 valence electrons. The van der Waals surface area contributed by atoms with Crippen molar-refractivity contribution < 1.29 is 13.9 Å². The van der Waals surface area contributed by atoms with Crippen molar-refractivity contribution in [2.75, 3.05) is 0 Å². The maximum Gasteiger partial charge on any atom is 0.306 e. The summed E-state index contributed by atoms with van der Waals surface area (Å²) in [6, 6.07) is 17.0. The largest absolute Gasteiger partial charge is 0.459 e. The van der Waals surface area contributed by atoms with Crippen LogP contribution in [0.3, 0.4) is 0 Å². The number of fused-ring (bicyclic) bond motifs is 4. The van der Waals surface area contributed by atoms with Gasteiger partial charge in [-0.25, -0.2) is 4.39 Å². The summed E-state index contributed by atoms with van der Waals surface area (Å²) in [7, 11) is 0. The predicted molar refractivity (Wildman–Crippen MR) is 90.1 cm³/mol. The fourth-order valence-electron chi connectivity index (χ4n) is 4.41. The lowest BCUT2D eigenvalue weighted by atomic mass is 9.67. The Morgan fingerprint density at radius 3 is 2.58 bits per heavy atom. The number of esters is 1. The highest BCUT2D eigenvalue weighted by Gasteiger charge is 2.48. The van der Waals surface area contributed by atoms with E-state index in [1.807, 2.05) is 6.07 Å². The predicted octanol–water partition coefficient (Wildman–Crippen LogP) is 4.64. The molecule has 2 aromatic rings. The Kier molecular flexibility index (Phi) is 3.87. The number of halogens is 1. The summed E-state index contributed by atoms with van der Waals surface area (Å²) >= 11 is 0. The van der Waals surface area contributed by atoms with E-state index >= 15 is 0 Å². The van der Waals surface area contributed by atoms with Gasteiger partial charge in [-0.1, -0.05) is 42.5 Å². The van der Waals surface area contributed by atoms with E-state index in [-0.39, 0.29) is 11.8 Å². The third-order valence-electron chi connectivity index (χ3n) is 5.56. The van der Waals surface area contributed by atoms with Crippen LogP contribution in [0.5, 0.6) is 0 Å². The first-order valence-corrected chi connectivity index (χ1v) is 8.65. The Labute approximate surface area is 141 Å². The first kappa shape index (κ1) is 15.4. The zero-order chi connectivity index (χ0) is 16.6. The molecule has 3 aliphatic rings. The summed E-state index contributed by atoms with van der Waals surface area (Å²) in [5.74, 6) is 0.397. The molecule has 2 saturated heterocycles. The summed E-state index contributed by atoms with van der Waals surface area (Å²) < 4.78 is 19.1. The molecule has 0 spiro atoms. The van der Waals surface area contributed by atoms with Crippen molar-refractivity contribution in [3.8, 4) is 0 Å². The molecule has 24 heavy (non-hydrogen) atoms. The molecular weight excluding hydrogens is 303 g/mol. The van der Waals surface area contributed by atoms with E-state index in [4.69, 9.17) is 4.74 Å². The number of hydrogen-bond donors (Lipinski definition) is 0. The Balaban J connectivity index is 1.65. The lowest BCUT2D eigenvalue weighted by Crippen LogP contribution is -2.40. The Hall–Kier alpha value is -2.16. The molecule has 3 atom stereocenters. The minimum absolute atomic E-state index is 0.0851. The SMILES string of the molecule is O=C1C[C@H]2CC[C@](Cc3ccc(F)cc3)(C[C@H]2c2ccccc2)O1. The van der Waals surface area contributed by atoms with E-state index < -0.39 is 5.60 Å². The van der Waals surface area contributed by atoms with Crippen molar-refractivity contribution in [2.45, 2.75) is 43.6 Å². The molecule has 2 aromatic carbocycles. The Morgan fingerprint density at radius 1 is 1.08 bits per heavy atom. The lowest BCUT2D eigenvalue weighted by Gasteiger charge is -2.40. The van der Waals surface area contributed by atoms with Gasteiger partial charge in [0.2, 0.25) is 0 Å². The highest BCUT2D eigenvalue weighted by Crippen LogP contribution is 2.49. The second-order valence-corrected chi connectivity index (χ2v) is 7.18. The molecule has 5 rings (SSSR count). The number of carbonyl (C=O) groups is 1. The fraction of sp³-hybridized carbons (Fsp3) is 0.381. The Bertz CT molecular complexity index is 725. The molecule has 0 amide bonds. The summed E-state index contributed by atoms with van der Waals surface area (Å²) in [4.78, 5) is 12.3. The van der Waals surface area contributed by atoms with Gasteiger partial charge in [0.05, 0.1) is 0 Å². The van der Waals surface area contributed by atoms with Crippen LogP contribution in [0.15, 0.2) is 54.6 Å². The molecule has 2 heterocycles. The highest BCUT2D eigenvalue weighted by atomic mass is 19.1. The van der Waals surface area contributed by atoms with Crippen molar-refractivity contribution in [3.63, 3.8) is 0 Å². The zero-order valence-corrected chi connectivity index (χ0v) is 13.6. The van der Waals surface area contributed by atoms with Gasteiger partial charge >= 0.3 is 5.97 Å². The second kappa shape index (κ2) is 6.04. The van der Waals surface area contributed by atoms with Gasteiger partial charge in [0.25, 0.3) is 0 Å². The van der Waals surface area contributed by atoms with Gasteiger partial charge in [-0.05, 0) is 54.4 Å². The number of carbonyl (C=O) groups excluding carboxylic acids is 1. The molecule has 0 radical (unpaired) electrons. The van der Waals surface area contributed by atoms with Crippen molar-refractivity contribution in [3.05, 3.63) is 71.5 Å². The van der Waals surface area contributed by atoms with Gasteiger partial charge in [0.15, 0.2) is 0 Å². The Morgan fingerprint density at radius 2 is 1.83 bits per heavy atom. The van der Waals surface area contributed by atoms with Gasteiger partial charge in [0.1, 0.15) is 11.4 Å². The second-order valence-electron chi connectivity index (χ2n) is 7.18. The summed E-state index contributed by atoms with van der Waals surface area (Å²) in [6.07, 6.45) is 3.92. The molecule has 2 bridgehead atoms. The van der Waals surface area contributed by atoms with E-state index in [2.05, 4.69) is 24.3 Å². The standard InChI is InChI=1S/C21H21FO2/c22-18-8-6-15(7-9-18)13-21-11-10-17(12-20(23)24-21)19(14-21)16-4-2-1-3-5-16/h1-9,17,19H,10-14H2/t17-,19+,21+/m1/s1. The molecule has 0 N–H and O–H groups in total. The normalized spacial score (nSPS) is 29.1. The molecular formula is C21H21FO2. The monoisotopic (exact) mass is 324 g/mol. The van der Waals surface area contributed by atoms with E-state index in [9.17, 15) is 9.18 Å². The van der Waals surface area contributed by atoms with Crippen LogP contribution < -0.4 is 0 Å². The van der Waals surface area contributed by atoms with Crippen LogP contribution in [-0.2, 0) is 16.0 Å². The zero-order valence-electron chi connectivity index (χ0n) is 13.6. The number of benzene rings is 2. The van der Waals surface area contributed by atoms with Crippen LogP contribution in [0.4, 0.5) is 4.39 Å². The summed E-state index contributed by atoms with van der Waals surface area (Å²) in [5, 5.41) is 0. The lowest BCUT2D eigenvalue weighted by molar-refractivity contribution is -0.158. The fourth-order valence-corrected chi connectivity index (χ4v) is 4.41. The maximum atomic E-state index is 13.2. The number of hydrogen-bond acceptors (Lipinski definition) is 2. The number of ether oxygens (including phenoxy) is 1. The van der Waals surface area contributed by atoms with Gasteiger partial charge in [-0.3, -0.25) is 4.79 Å². The minimum atomic E-state index is -0.456. The van der Waals surface area contributed by atoms with Crippen LogP contribution >= 0.6 is 0 Å². The van der Waals surface area contributed by atoms with Crippen molar-refractivity contribution in [1.82, 2.24) is 0 Å². The third-order valence-corrected chi connectivity index (χ3v) is 5.56. The van der Waals surface area contributed by atoms with Crippen LogP contribution in [0.25, 0.3) is 0 Å². The van der Waals surface area contributed by atoms with Crippen molar-refractivity contribution >= 4 is 5.97 Å². The molecule has 0 aromatic heterocycles. The topological polar surface area (TPSA) is 26.3 Å². The molecule has 2 nitrogen and oxygen atoms in total. The van der Waals surface area contributed by atoms with Crippen LogP contribution in [0.1, 0.15) is 42.7 Å². The van der Waals surface area contributed by atoms with Crippen molar-refractivity contribution in [2.24, 2.45) is 5.92 Å². The van der Waals surface area contributed by atoms with E-state index in [1.54, 1.807) is 12.1 Å². The van der Waals surface area contributed by atoms with Gasteiger partial charge < -0.3 is 4.74 Å². The van der Waals surface area contributed by atoms with Gasteiger partial charge in [0, 0.05) is 12.8 Å². The molecule has 3 fully saturated rings. The van der Waals surface area contributed by atoms with E-state index in [0.29, 0.717) is 24.7 Å². The van der Waals surface area contributed by atoms with E-state index in [0.717, 1.165) is 24.8 Å². The molecule has 1 aliphatic carbocycles. The molecule has 3 heteroatoms. The molecule has 0 unspecified atom stereocenters. The van der Waals surface area contributed by atoms with Crippen LogP contribution in [-0.4, -0.2) is 11.6 Å². The van der Waals surface area contributed by atoms with Crippen molar-refractivity contribution in [1.29, 1.82) is 0 Å². The molecule has 2 aliphatic heterocycles. The first-order chi connectivity index (χ1) is 11.6. The highest BCUT2D eigenvalue weighted by molar-refractivity contribution is 5.71. The first-order valence-electron chi connectivity index (χ1n) is 8.65. The van der Waals surface area contributed by atoms with Gasteiger partial charge in [-0.15, -0.1) is 0 Å². The van der Waals surface area contributed by atoms with Gasteiger partial charge in [-0.2, -0.15) is 0 Å². The summed E-state index contributed by atoms with van der Waals surface area (Å²) in [5.41, 5.74) is 1.86. The molecule has 1 saturated carbocycles.